The fraction of sp³-hybridized carbons (Fsp3) is 0.316. The summed E-state index contributed by atoms with van der Waals surface area (Å²) >= 11 is 0. The number of benzene rings is 1. The molecule has 2 aliphatic rings. The van der Waals surface area contributed by atoms with Crippen LogP contribution < -0.4 is 0 Å². The van der Waals surface area contributed by atoms with Gasteiger partial charge in [-0.15, -0.1) is 0 Å². The number of carbonyl (C=O) groups excluding carboxylic acids is 2. The molecule has 0 aromatic heterocycles. The molecule has 5 nitrogen and oxygen atoms in total. The molecule has 0 saturated carbocycles. The van der Waals surface area contributed by atoms with E-state index in [9.17, 15) is 19.1 Å². The van der Waals surface area contributed by atoms with Gasteiger partial charge < -0.3 is 4.74 Å². The average Bonchev–Trinajstić information content (AvgIpc) is 2.64. The molecule has 128 valence electrons. The molecule has 0 spiro atoms. The molecule has 0 bridgehead atoms. The van der Waals surface area contributed by atoms with Crippen molar-refractivity contribution in [1.29, 1.82) is 5.26 Å². The van der Waals surface area contributed by atoms with Crippen molar-refractivity contribution in [2.24, 2.45) is 5.41 Å². The van der Waals surface area contributed by atoms with Crippen LogP contribution in [-0.2, 0) is 25.1 Å². The number of nitriles is 1. The number of rotatable bonds is 3. The number of fused-ring (bicyclic) bond motifs is 1. The standard InChI is InChI=1S/C19H17NO4S/c1-13-5-7-14(8-6-13)25(23)19-11-3-4-17(24-2)18(19,12-20)15(21)9-10-16(19)22/h3-10,17H,11H2,1-2H3/t17-,18-,19+,25+/m1/s1. The van der Waals surface area contributed by atoms with Crippen molar-refractivity contribution < 1.29 is 18.5 Å². The number of allylic oxidation sites excluding steroid dienone is 3. The van der Waals surface area contributed by atoms with Crippen LogP contribution in [0.15, 0.2) is 53.5 Å². The fourth-order valence-corrected chi connectivity index (χ4v) is 5.42. The maximum absolute atomic E-state index is 13.5. The highest BCUT2D eigenvalue weighted by Crippen LogP contribution is 2.51. The van der Waals surface area contributed by atoms with Gasteiger partial charge in [-0.1, -0.05) is 29.8 Å². The summed E-state index contributed by atoms with van der Waals surface area (Å²) in [6.07, 6.45) is 4.59. The lowest BCUT2D eigenvalue weighted by Crippen LogP contribution is -2.67. The fourth-order valence-electron chi connectivity index (χ4n) is 3.58. The van der Waals surface area contributed by atoms with Crippen LogP contribution >= 0.6 is 0 Å². The van der Waals surface area contributed by atoms with Gasteiger partial charge in [0.25, 0.3) is 0 Å². The molecular formula is C19H17NO4S. The summed E-state index contributed by atoms with van der Waals surface area (Å²) in [5.74, 6) is -1.04. The van der Waals surface area contributed by atoms with Gasteiger partial charge in [-0.25, -0.2) is 0 Å². The molecule has 0 unspecified atom stereocenters. The highest BCUT2D eigenvalue weighted by molar-refractivity contribution is 7.87. The topological polar surface area (TPSA) is 84.2 Å². The van der Waals surface area contributed by atoms with Crippen LogP contribution in [0.5, 0.6) is 0 Å². The molecule has 1 aromatic rings. The predicted molar refractivity (Wildman–Crippen MR) is 92.1 cm³/mol. The second-order valence-electron chi connectivity index (χ2n) is 6.18. The summed E-state index contributed by atoms with van der Waals surface area (Å²) in [4.78, 5) is 26.1. The van der Waals surface area contributed by atoms with Gasteiger partial charge in [-0.3, -0.25) is 13.8 Å². The van der Waals surface area contributed by atoms with Gasteiger partial charge in [0, 0.05) is 12.0 Å². The monoisotopic (exact) mass is 355 g/mol. The van der Waals surface area contributed by atoms with Crippen molar-refractivity contribution in [2.45, 2.75) is 29.1 Å². The van der Waals surface area contributed by atoms with Gasteiger partial charge in [-0.2, -0.15) is 5.26 Å². The van der Waals surface area contributed by atoms with E-state index in [4.69, 9.17) is 4.74 Å². The minimum absolute atomic E-state index is 0.0375. The minimum Gasteiger partial charge on any atom is -0.375 e. The zero-order valence-corrected chi connectivity index (χ0v) is 14.7. The van der Waals surface area contributed by atoms with Crippen LogP contribution in [0.3, 0.4) is 0 Å². The summed E-state index contributed by atoms with van der Waals surface area (Å²) < 4.78 is 17.2. The number of ketones is 2. The number of hydrogen-bond acceptors (Lipinski definition) is 5. The van der Waals surface area contributed by atoms with Crippen LogP contribution in [0, 0.1) is 23.7 Å². The SMILES string of the molecule is CO[C@@H]1C=CC[C@]2([S@@](=O)c3ccc(C)cc3)C(=O)C=CC(=O)[C@]12C#N. The summed E-state index contributed by atoms with van der Waals surface area (Å²) in [6.45, 7) is 1.90. The van der Waals surface area contributed by atoms with E-state index in [0.717, 1.165) is 17.7 Å². The Bertz CT molecular complexity index is 864. The van der Waals surface area contributed by atoms with Crippen LogP contribution in [-0.4, -0.2) is 33.7 Å². The van der Waals surface area contributed by atoms with E-state index in [1.807, 2.05) is 13.0 Å². The van der Waals surface area contributed by atoms with Crippen molar-refractivity contribution in [3.8, 4) is 6.07 Å². The molecule has 0 amide bonds. The lowest BCUT2D eigenvalue weighted by atomic mass is 9.60. The first-order valence-electron chi connectivity index (χ1n) is 7.80. The maximum atomic E-state index is 13.5. The second-order valence-corrected chi connectivity index (χ2v) is 7.88. The minimum atomic E-state index is -1.90. The molecule has 1 aromatic carbocycles. The number of hydrogen-bond donors (Lipinski definition) is 0. The van der Waals surface area contributed by atoms with Gasteiger partial charge in [0.2, 0.25) is 0 Å². The molecule has 0 saturated heterocycles. The first-order valence-corrected chi connectivity index (χ1v) is 8.95. The lowest BCUT2D eigenvalue weighted by Gasteiger charge is -2.48. The van der Waals surface area contributed by atoms with E-state index in [1.165, 1.54) is 7.11 Å². The highest BCUT2D eigenvalue weighted by atomic mass is 32.2. The Morgan fingerprint density at radius 1 is 1.20 bits per heavy atom. The Balaban J connectivity index is 2.29. The molecule has 0 fully saturated rings. The van der Waals surface area contributed by atoms with Crippen molar-refractivity contribution in [1.82, 2.24) is 0 Å². The number of ether oxygens (including phenoxy) is 1. The summed E-state index contributed by atoms with van der Waals surface area (Å²) in [5.41, 5.74) is -0.869. The summed E-state index contributed by atoms with van der Waals surface area (Å²) in [7, 11) is -0.533. The molecule has 2 aliphatic carbocycles. The van der Waals surface area contributed by atoms with E-state index in [0.29, 0.717) is 4.90 Å². The van der Waals surface area contributed by atoms with Crippen molar-refractivity contribution in [3.05, 3.63) is 54.1 Å². The van der Waals surface area contributed by atoms with E-state index in [-0.39, 0.29) is 6.42 Å². The van der Waals surface area contributed by atoms with Crippen LogP contribution in [0.25, 0.3) is 0 Å². The number of aryl methyl sites for hydroxylation is 1. The van der Waals surface area contributed by atoms with Gasteiger partial charge in [0.15, 0.2) is 17.0 Å². The Kier molecular flexibility index (Phi) is 4.31. The number of methoxy groups -OCH3 is 1. The van der Waals surface area contributed by atoms with Crippen LogP contribution in [0.2, 0.25) is 0 Å². The summed E-state index contributed by atoms with van der Waals surface area (Å²) in [5, 5.41) is 9.97. The second kappa shape index (κ2) is 6.17. The molecular weight excluding hydrogens is 338 g/mol. The average molecular weight is 355 g/mol. The first kappa shape index (κ1) is 17.5. The van der Waals surface area contributed by atoms with Crippen molar-refractivity contribution >= 4 is 22.4 Å². The number of carbonyl (C=O) groups is 2. The molecule has 25 heavy (non-hydrogen) atoms. The van der Waals surface area contributed by atoms with Crippen LogP contribution in [0.1, 0.15) is 12.0 Å². The largest absolute Gasteiger partial charge is 0.375 e. The Hall–Kier alpha value is -2.36. The lowest BCUT2D eigenvalue weighted by molar-refractivity contribution is -0.137. The van der Waals surface area contributed by atoms with Gasteiger partial charge in [0.05, 0.1) is 16.9 Å². The molecule has 3 rings (SSSR count). The Morgan fingerprint density at radius 2 is 1.84 bits per heavy atom. The smallest absolute Gasteiger partial charge is 0.181 e. The van der Waals surface area contributed by atoms with Crippen molar-refractivity contribution in [3.63, 3.8) is 0 Å². The first-order chi connectivity index (χ1) is 11.9. The van der Waals surface area contributed by atoms with E-state index < -0.39 is 38.6 Å². The molecule has 4 atom stereocenters. The summed E-state index contributed by atoms with van der Waals surface area (Å²) in [6, 6.07) is 8.92. The Morgan fingerprint density at radius 3 is 2.44 bits per heavy atom. The van der Waals surface area contributed by atoms with E-state index in [1.54, 1.807) is 36.4 Å². The quantitative estimate of drug-likeness (QED) is 0.775. The molecule has 6 heteroatoms. The van der Waals surface area contributed by atoms with E-state index >= 15 is 0 Å². The van der Waals surface area contributed by atoms with Crippen LogP contribution in [0.4, 0.5) is 0 Å². The normalized spacial score (nSPS) is 32.1. The predicted octanol–water partition coefficient (Wildman–Crippen LogP) is 2.03. The van der Waals surface area contributed by atoms with Gasteiger partial charge >= 0.3 is 0 Å². The highest BCUT2D eigenvalue weighted by Gasteiger charge is 2.69. The van der Waals surface area contributed by atoms with Gasteiger partial charge in [0.1, 0.15) is 10.9 Å². The molecule has 0 aliphatic heterocycles. The third kappa shape index (κ3) is 2.20. The number of nitrogens with zero attached hydrogens (tertiary/aromatic N) is 1. The third-order valence-electron chi connectivity index (χ3n) is 4.93. The zero-order chi connectivity index (χ0) is 18.2. The zero-order valence-electron chi connectivity index (χ0n) is 13.9. The van der Waals surface area contributed by atoms with Crippen molar-refractivity contribution in [2.75, 3.05) is 7.11 Å². The molecule has 0 radical (unpaired) electrons. The van der Waals surface area contributed by atoms with Gasteiger partial charge in [-0.05, 0) is 37.6 Å². The maximum Gasteiger partial charge on any atom is 0.181 e. The van der Waals surface area contributed by atoms with E-state index in [2.05, 4.69) is 0 Å². The third-order valence-corrected chi connectivity index (χ3v) is 6.96. The Labute approximate surface area is 148 Å². The molecule has 0 heterocycles. The molecule has 0 N–H and O–H groups in total.